The first-order valence-corrected chi connectivity index (χ1v) is 9.61. The molecule has 0 radical (unpaired) electrons. The predicted octanol–water partition coefficient (Wildman–Crippen LogP) is 4.10. The number of amides is 2. The Morgan fingerprint density at radius 3 is 2.50 bits per heavy atom. The number of aromatic nitrogens is 1. The van der Waals surface area contributed by atoms with Crippen LogP contribution in [0.5, 0.6) is 11.6 Å². The lowest BCUT2D eigenvalue weighted by Crippen LogP contribution is -2.41. The zero-order valence-corrected chi connectivity index (χ0v) is 16.1. The van der Waals surface area contributed by atoms with Crippen molar-refractivity contribution in [3.05, 3.63) is 72.6 Å². The number of nitrogens with zero attached hydrogens (tertiary/aromatic N) is 2. The van der Waals surface area contributed by atoms with E-state index < -0.39 is 0 Å². The topological polar surface area (TPSA) is 84.7 Å². The minimum absolute atomic E-state index is 0.103. The first-order chi connectivity index (χ1) is 14.6. The summed E-state index contributed by atoms with van der Waals surface area (Å²) < 4.78 is 23.6. The molecule has 7 nitrogen and oxygen atoms in total. The van der Waals surface area contributed by atoms with Gasteiger partial charge in [0.25, 0.3) is 5.91 Å². The van der Waals surface area contributed by atoms with Crippen LogP contribution < -0.4 is 10.1 Å². The summed E-state index contributed by atoms with van der Waals surface area (Å²) in [6.45, 7) is 1.00. The zero-order valence-electron chi connectivity index (χ0n) is 16.1. The second-order valence-corrected chi connectivity index (χ2v) is 6.97. The van der Waals surface area contributed by atoms with Gasteiger partial charge in [0.2, 0.25) is 11.8 Å². The van der Waals surface area contributed by atoms with Crippen molar-refractivity contribution in [2.45, 2.75) is 12.8 Å². The summed E-state index contributed by atoms with van der Waals surface area (Å²) in [5.74, 6) is 0.340. The normalized spacial score (nSPS) is 14.4. The monoisotopic (exact) mass is 409 g/mol. The lowest BCUT2D eigenvalue weighted by atomic mass is 9.95. The number of carbonyl (C=O) groups excluding carboxylic acids is 2. The molecule has 1 aromatic carbocycles. The fourth-order valence-corrected chi connectivity index (χ4v) is 3.28. The van der Waals surface area contributed by atoms with E-state index in [2.05, 4.69) is 10.3 Å². The number of halogens is 1. The maximum absolute atomic E-state index is 12.9. The Morgan fingerprint density at radius 2 is 1.87 bits per heavy atom. The zero-order chi connectivity index (χ0) is 20.9. The van der Waals surface area contributed by atoms with E-state index in [1.165, 1.54) is 36.7 Å². The highest BCUT2D eigenvalue weighted by atomic mass is 19.1. The maximum atomic E-state index is 12.9. The van der Waals surface area contributed by atoms with E-state index >= 15 is 0 Å². The van der Waals surface area contributed by atoms with Gasteiger partial charge in [0.1, 0.15) is 11.6 Å². The van der Waals surface area contributed by atoms with E-state index in [9.17, 15) is 14.0 Å². The molecule has 0 saturated carbocycles. The largest absolute Gasteiger partial charge is 0.459 e. The van der Waals surface area contributed by atoms with Gasteiger partial charge in [-0.15, -0.1) is 0 Å². The van der Waals surface area contributed by atoms with Gasteiger partial charge in [0.05, 0.1) is 18.1 Å². The summed E-state index contributed by atoms with van der Waals surface area (Å²) in [7, 11) is 0. The summed E-state index contributed by atoms with van der Waals surface area (Å²) in [5, 5.41) is 2.85. The number of pyridine rings is 1. The lowest BCUT2D eigenvalue weighted by molar-refractivity contribution is -0.121. The number of piperidine rings is 1. The molecule has 0 aliphatic carbocycles. The average molecular weight is 409 g/mol. The molecule has 0 atom stereocenters. The van der Waals surface area contributed by atoms with Crippen LogP contribution in [0.25, 0.3) is 0 Å². The van der Waals surface area contributed by atoms with E-state index in [0.717, 1.165) is 0 Å². The lowest BCUT2D eigenvalue weighted by Gasteiger charge is -2.30. The molecule has 154 valence electrons. The molecule has 8 heteroatoms. The van der Waals surface area contributed by atoms with Crippen LogP contribution in [0, 0.1) is 11.7 Å². The molecule has 30 heavy (non-hydrogen) atoms. The van der Waals surface area contributed by atoms with Crippen LogP contribution in [0.1, 0.15) is 23.4 Å². The third-order valence-electron chi connectivity index (χ3n) is 4.92. The highest BCUT2D eigenvalue weighted by Crippen LogP contribution is 2.23. The fourth-order valence-electron chi connectivity index (χ4n) is 3.28. The van der Waals surface area contributed by atoms with E-state index in [0.29, 0.717) is 49.0 Å². The third-order valence-corrected chi connectivity index (χ3v) is 4.92. The summed E-state index contributed by atoms with van der Waals surface area (Å²) in [6.07, 6.45) is 4.14. The number of furan rings is 1. The number of benzene rings is 1. The average Bonchev–Trinajstić information content (AvgIpc) is 3.31. The number of rotatable bonds is 5. The molecule has 0 spiro atoms. The Balaban J connectivity index is 1.28. The molecule has 1 saturated heterocycles. The maximum Gasteiger partial charge on any atom is 0.289 e. The standard InChI is InChI=1S/C22H20FN3O4/c23-16-3-6-18(7-4-16)30-20-8-5-17(14-24-20)25-21(27)15-9-11-26(12-10-15)22(28)19-2-1-13-29-19/h1-8,13-15H,9-12H2,(H,25,27). The number of likely N-dealkylation sites (tertiary alicyclic amines) is 1. The summed E-state index contributed by atoms with van der Waals surface area (Å²) in [6, 6.07) is 12.3. The fraction of sp³-hybridized carbons (Fsp3) is 0.227. The van der Waals surface area contributed by atoms with Crippen LogP contribution in [-0.4, -0.2) is 34.8 Å². The molecule has 1 N–H and O–H groups in total. The van der Waals surface area contributed by atoms with Crippen molar-refractivity contribution in [1.29, 1.82) is 0 Å². The molecule has 3 heterocycles. The Labute approximate surface area is 172 Å². The molecular formula is C22H20FN3O4. The molecular weight excluding hydrogens is 389 g/mol. The van der Waals surface area contributed by atoms with Crippen molar-refractivity contribution < 1.29 is 23.1 Å². The first kappa shape index (κ1) is 19.6. The van der Waals surface area contributed by atoms with Crippen LogP contribution >= 0.6 is 0 Å². The highest BCUT2D eigenvalue weighted by Gasteiger charge is 2.28. The number of hydrogen-bond donors (Lipinski definition) is 1. The van der Waals surface area contributed by atoms with Crippen LogP contribution in [0.4, 0.5) is 10.1 Å². The van der Waals surface area contributed by atoms with Gasteiger partial charge in [-0.3, -0.25) is 9.59 Å². The van der Waals surface area contributed by atoms with Crippen LogP contribution in [0.2, 0.25) is 0 Å². The third kappa shape index (κ3) is 4.65. The van der Waals surface area contributed by atoms with Crippen LogP contribution in [0.3, 0.4) is 0 Å². The Bertz CT molecular complexity index is 996. The van der Waals surface area contributed by atoms with Gasteiger partial charge in [-0.05, 0) is 55.3 Å². The quantitative estimate of drug-likeness (QED) is 0.686. The minimum atomic E-state index is -0.343. The molecule has 4 rings (SSSR count). The van der Waals surface area contributed by atoms with Gasteiger partial charge in [0.15, 0.2) is 5.76 Å². The van der Waals surface area contributed by atoms with Gasteiger partial charge in [-0.2, -0.15) is 0 Å². The minimum Gasteiger partial charge on any atom is -0.459 e. The molecule has 1 aliphatic heterocycles. The highest BCUT2D eigenvalue weighted by molar-refractivity contribution is 5.93. The number of anilines is 1. The van der Waals surface area contributed by atoms with Gasteiger partial charge in [0, 0.05) is 25.1 Å². The van der Waals surface area contributed by atoms with Crippen molar-refractivity contribution in [3.8, 4) is 11.6 Å². The second kappa shape index (κ2) is 8.77. The molecule has 3 aromatic rings. The van der Waals surface area contributed by atoms with Gasteiger partial charge < -0.3 is 19.4 Å². The summed E-state index contributed by atoms with van der Waals surface area (Å²) in [5.41, 5.74) is 0.556. The molecule has 0 unspecified atom stereocenters. The number of nitrogens with one attached hydrogen (secondary N) is 1. The van der Waals surface area contributed by atoms with Crippen molar-refractivity contribution >= 4 is 17.5 Å². The van der Waals surface area contributed by atoms with Gasteiger partial charge in [-0.25, -0.2) is 9.37 Å². The second-order valence-electron chi connectivity index (χ2n) is 6.97. The molecule has 2 aromatic heterocycles. The van der Waals surface area contributed by atoms with Gasteiger partial charge >= 0.3 is 0 Å². The molecule has 1 aliphatic rings. The van der Waals surface area contributed by atoms with E-state index in [1.54, 1.807) is 29.2 Å². The SMILES string of the molecule is O=C(Nc1ccc(Oc2ccc(F)cc2)nc1)C1CCN(C(=O)c2ccco2)CC1. The van der Waals surface area contributed by atoms with Crippen molar-refractivity contribution in [1.82, 2.24) is 9.88 Å². The predicted molar refractivity (Wildman–Crippen MR) is 107 cm³/mol. The van der Waals surface area contributed by atoms with E-state index in [-0.39, 0.29) is 23.5 Å². The van der Waals surface area contributed by atoms with Crippen LogP contribution in [0.15, 0.2) is 65.4 Å². The number of ether oxygens (including phenoxy) is 1. The van der Waals surface area contributed by atoms with Crippen molar-refractivity contribution in [2.24, 2.45) is 5.92 Å². The van der Waals surface area contributed by atoms with Crippen molar-refractivity contribution in [3.63, 3.8) is 0 Å². The number of hydrogen-bond acceptors (Lipinski definition) is 5. The summed E-state index contributed by atoms with van der Waals surface area (Å²) >= 11 is 0. The smallest absolute Gasteiger partial charge is 0.289 e. The Kier molecular flexibility index (Phi) is 5.74. The van der Waals surface area contributed by atoms with Crippen molar-refractivity contribution in [2.75, 3.05) is 18.4 Å². The molecule has 1 fully saturated rings. The number of carbonyl (C=O) groups is 2. The molecule has 0 bridgehead atoms. The van der Waals surface area contributed by atoms with E-state index in [4.69, 9.17) is 9.15 Å². The Morgan fingerprint density at radius 1 is 1.10 bits per heavy atom. The van der Waals surface area contributed by atoms with E-state index in [1.807, 2.05) is 0 Å². The summed E-state index contributed by atoms with van der Waals surface area (Å²) in [4.78, 5) is 30.7. The Hall–Kier alpha value is -3.68. The van der Waals surface area contributed by atoms with Crippen LogP contribution in [-0.2, 0) is 4.79 Å². The first-order valence-electron chi connectivity index (χ1n) is 9.61. The molecule has 2 amide bonds. The van der Waals surface area contributed by atoms with Gasteiger partial charge in [-0.1, -0.05) is 0 Å².